The number of anilines is 1. The Morgan fingerprint density at radius 3 is 2.60 bits per heavy atom. The lowest BCUT2D eigenvalue weighted by Gasteiger charge is -2.22. The zero-order valence-electron chi connectivity index (χ0n) is 11.7. The molecule has 1 aromatic carbocycles. The quantitative estimate of drug-likeness (QED) is 0.804. The Morgan fingerprint density at radius 2 is 1.95 bits per heavy atom. The smallest absolute Gasteiger partial charge is 0.319 e. The van der Waals surface area contributed by atoms with Gasteiger partial charge in [0.1, 0.15) is 12.4 Å². The van der Waals surface area contributed by atoms with Crippen molar-refractivity contribution in [1.82, 2.24) is 5.32 Å². The van der Waals surface area contributed by atoms with Crippen molar-refractivity contribution in [3.05, 3.63) is 36.9 Å². The first kappa shape index (κ1) is 14.4. The molecule has 1 fully saturated rings. The molecular formula is C16H22N2O2. The van der Waals surface area contributed by atoms with E-state index in [2.05, 4.69) is 17.2 Å². The third kappa shape index (κ3) is 4.61. The molecule has 1 aliphatic carbocycles. The Hall–Kier alpha value is -1.97. The number of carbonyl (C=O) groups is 1. The number of hydrogen-bond donors (Lipinski definition) is 2. The standard InChI is InChI=1S/C16H22N2O2/c1-2-12-20-15-10-8-14(9-11-15)18-16(19)17-13-6-4-3-5-7-13/h2,8-11,13H,1,3-7,12H2,(H2,17,18,19). The Bertz CT molecular complexity index is 436. The molecule has 0 unspecified atom stereocenters. The van der Waals surface area contributed by atoms with E-state index in [1.54, 1.807) is 6.08 Å². The van der Waals surface area contributed by atoms with E-state index in [4.69, 9.17) is 4.74 Å². The van der Waals surface area contributed by atoms with Gasteiger partial charge >= 0.3 is 6.03 Å². The molecule has 1 aliphatic rings. The van der Waals surface area contributed by atoms with Crippen LogP contribution in [-0.2, 0) is 0 Å². The maximum atomic E-state index is 11.9. The van der Waals surface area contributed by atoms with Crippen LogP contribution in [0.3, 0.4) is 0 Å². The van der Waals surface area contributed by atoms with E-state index >= 15 is 0 Å². The van der Waals surface area contributed by atoms with Gasteiger partial charge in [-0.1, -0.05) is 31.9 Å². The third-order valence-corrected chi connectivity index (χ3v) is 3.42. The van der Waals surface area contributed by atoms with Gasteiger partial charge in [-0.15, -0.1) is 0 Å². The predicted molar refractivity (Wildman–Crippen MR) is 81.2 cm³/mol. The maximum Gasteiger partial charge on any atom is 0.319 e. The van der Waals surface area contributed by atoms with Crippen LogP contribution in [-0.4, -0.2) is 18.7 Å². The Kier molecular flexibility index (Phi) is 5.47. The van der Waals surface area contributed by atoms with Crippen molar-refractivity contribution in [1.29, 1.82) is 0 Å². The monoisotopic (exact) mass is 274 g/mol. The van der Waals surface area contributed by atoms with Crippen molar-refractivity contribution in [3.8, 4) is 5.75 Å². The molecule has 20 heavy (non-hydrogen) atoms. The van der Waals surface area contributed by atoms with Crippen LogP contribution < -0.4 is 15.4 Å². The van der Waals surface area contributed by atoms with Crippen LogP contribution in [0.1, 0.15) is 32.1 Å². The van der Waals surface area contributed by atoms with Crippen molar-refractivity contribution in [2.45, 2.75) is 38.1 Å². The lowest BCUT2D eigenvalue weighted by Crippen LogP contribution is -2.38. The number of urea groups is 1. The van der Waals surface area contributed by atoms with E-state index in [9.17, 15) is 4.79 Å². The van der Waals surface area contributed by atoms with Gasteiger partial charge in [0.15, 0.2) is 0 Å². The minimum Gasteiger partial charge on any atom is -0.490 e. The minimum atomic E-state index is -0.128. The second-order valence-corrected chi connectivity index (χ2v) is 5.06. The molecule has 0 saturated heterocycles. The summed E-state index contributed by atoms with van der Waals surface area (Å²) < 4.78 is 5.39. The fourth-order valence-electron chi connectivity index (χ4n) is 2.39. The molecule has 1 aromatic rings. The van der Waals surface area contributed by atoms with Crippen LogP contribution >= 0.6 is 0 Å². The van der Waals surface area contributed by atoms with E-state index in [-0.39, 0.29) is 6.03 Å². The largest absolute Gasteiger partial charge is 0.490 e. The van der Waals surface area contributed by atoms with Crippen LogP contribution in [0, 0.1) is 0 Å². The summed E-state index contributed by atoms with van der Waals surface area (Å²) in [5.74, 6) is 0.767. The highest BCUT2D eigenvalue weighted by molar-refractivity contribution is 5.89. The van der Waals surface area contributed by atoms with Gasteiger partial charge in [-0.05, 0) is 37.1 Å². The second kappa shape index (κ2) is 7.58. The molecule has 0 bridgehead atoms. The van der Waals surface area contributed by atoms with Crippen molar-refractivity contribution in [3.63, 3.8) is 0 Å². The molecule has 0 radical (unpaired) electrons. The Labute approximate surface area is 120 Å². The summed E-state index contributed by atoms with van der Waals surface area (Å²) in [6.07, 6.45) is 7.57. The normalized spacial score (nSPS) is 15.4. The topological polar surface area (TPSA) is 50.4 Å². The highest BCUT2D eigenvalue weighted by Crippen LogP contribution is 2.18. The van der Waals surface area contributed by atoms with Crippen LogP contribution in [0.25, 0.3) is 0 Å². The zero-order chi connectivity index (χ0) is 14.2. The number of ether oxygens (including phenoxy) is 1. The first-order chi connectivity index (χ1) is 9.78. The van der Waals surface area contributed by atoms with Gasteiger partial charge in [0.2, 0.25) is 0 Å². The summed E-state index contributed by atoms with van der Waals surface area (Å²) in [6.45, 7) is 4.08. The number of nitrogens with one attached hydrogen (secondary N) is 2. The fraction of sp³-hybridized carbons (Fsp3) is 0.438. The number of carbonyl (C=O) groups excluding carboxylic acids is 1. The van der Waals surface area contributed by atoms with Gasteiger partial charge in [-0.3, -0.25) is 0 Å². The van der Waals surface area contributed by atoms with Crippen molar-refractivity contribution < 1.29 is 9.53 Å². The van der Waals surface area contributed by atoms with Crippen LogP contribution in [0.4, 0.5) is 10.5 Å². The lowest BCUT2D eigenvalue weighted by atomic mass is 9.96. The van der Waals surface area contributed by atoms with E-state index in [0.29, 0.717) is 12.6 Å². The molecule has 2 rings (SSSR count). The Morgan fingerprint density at radius 1 is 1.25 bits per heavy atom. The van der Waals surface area contributed by atoms with E-state index in [1.165, 1.54) is 19.3 Å². The summed E-state index contributed by atoms with van der Waals surface area (Å²) in [6, 6.07) is 7.52. The molecule has 1 saturated carbocycles. The van der Waals surface area contributed by atoms with Crippen molar-refractivity contribution in [2.24, 2.45) is 0 Å². The average molecular weight is 274 g/mol. The zero-order valence-corrected chi connectivity index (χ0v) is 11.7. The molecule has 0 spiro atoms. The van der Waals surface area contributed by atoms with Crippen LogP contribution in [0.2, 0.25) is 0 Å². The molecule has 0 aliphatic heterocycles. The first-order valence-corrected chi connectivity index (χ1v) is 7.19. The molecule has 0 atom stereocenters. The van der Waals surface area contributed by atoms with Crippen molar-refractivity contribution >= 4 is 11.7 Å². The average Bonchev–Trinajstić information content (AvgIpc) is 2.47. The third-order valence-electron chi connectivity index (χ3n) is 3.42. The van der Waals surface area contributed by atoms with E-state index in [0.717, 1.165) is 24.3 Å². The van der Waals surface area contributed by atoms with E-state index in [1.807, 2.05) is 24.3 Å². The fourth-order valence-corrected chi connectivity index (χ4v) is 2.39. The summed E-state index contributed by atoms with van der Waals surface area (Å²) in [7, 11) is 0. The van der Waals surface area contributed by atoms with Gasteiger partial charge in [-0.25, -0.2) is 4.79 Å². The predicted octanol–water partition coefficient (Wildman–Crippen LogP) is 3.71. The Balaban J connectivity index is 1.79. The van der Waals surface area contributed by atoms with Crippen molar-refractivity contribution in [2.75, 3.05) is 11.9 Å². The molecule has 108 valence electrons. The SMILES string of the molecule is C=CCOc1ccc(NC(=O)NC2CCCCC2)cc1. The number of hydrogen-bond acceptors (Lipinski definition) is 2. The highest BCUT2D eigenvalue weighted by Gasteiger charge is 2.15. The van der Waals surface area contributed by atoms with Crippen LogP contribution in [0.5, 0.6) is 5.75 Å². The van der Waals surface area contributed by atoms with Crippen LogP contribution in [0.15, 0.2) is 36.9 Å². The van der Waals surface area contributed by atoms with Gasteiger partial charge < -0.3 is 15.4 Å². The summed E-state index contributed by atoms with van der Waals surface area (Å²) in [5.41, 5.74) is 0.768. The molecule has 2 amide bonds. The van der Waals surface area contributed by atoms with Gasteiger partial charge in [-0.2, -0.15) is 0 Å². The van der Waals surface area contributed by atoms with Gasteiger partial charge in [0.05, 0.1) is 0 Å². The van der Waals surface area contributed by atoms with Gasteiger partial charge in [0.25, 0.3) is 0 Å². The lowest BCUT2D eigenvalue weighted by molar-refractivity contribution is 0.244. The minimum absolute atomic E-state index is 0.128. The number of rotatable bonds is 5. The molecule has 4 nitrogen and oxygen atoms in total. The molecular weight excluding hydrogens is 252 g/mol. The maximum absolute atomic E-state index is 11.9. The first-order valence-electron chi connectivity index (χ1n) is 7.19. The summed E-state index contributed by atoms with van der Waals surface area (Å²) >= 11 is 0. The molecule has 0 aromatic heterocycles. The number of benzene rings is 1. The second-order valence-electron chi connectivity index (χ2n) is 5.06. The highest BCUT2D eigenvalue weighted by atomic mass is 16.5. The summed E-state index contributed by atoms with van der Waals surface area (Å²) in [4.78, 5) is 11.9. The molecule has 2 N–H and O–H groups in total. The van der Waals surface area contributed by atoms with Gasteiger partial charge in [0, 0.05) is 11.7 Å². The molecule has 0 heterocycles. The summed E-state index contributed by atoms with van der Waals surface area (Å²) in [5, 5.41) is 5.87. The van der Waals surface area contributed by atoms with E-state index < -0.39 is 0 Å². The molecule has 4 heteroatoms. The number of amides is 2.